The van der Waals surface area contributed by atoms with Gasteiger partial charge in [-0.25, -0.2) is 0 Å². The van der Waals surface area contributed by atoms with Crippen LogP contribution in [-0.4, -0.2) is 23.3 Å². The first-order chi connectivity index (χ1) is 9.15. The summed E-state index contributed by atoms with van der Waals surface area (Å²) in [6.07, 6.45) is 2.55. The number of nitrogens with zero attached hydrogens (tertiary/aromatic N) is 1. The van der Waals surface area contributed by atoms with Gasteiger partial charge in [0.2, 0.25) is 5.91 Å². The summed E-state index contributed by atoms with van der Waals surface area (Å²) in [5.74, 6) is 0.508. The van der Waals surface area contributed by atoms with Crippen LogP contribution in [0.1, 0.15) is 42.1 Å². The molecule has 1 aliphatic heterocycles. The van der Waals surface area contributed by atoms with E-state index in [9.17, 15) is 9.59 Å². The van der Waals surface area contributed by atoms with Crippen LogP contribution in [0.3, 0.4) is 0 Å². The molecular formula is C15H18ClNO2. The van der Waals surface area contributed by atoms with E-state index >= 15 is 0 Å². The average Bonchev–Trinajstić information content (AvgIpc) is 2.79. The van der Waals surface area contributed by atoms with Crippen molar-refractivity contribution in [2.75, 3.05) is 6.54 Å². The number of amides is 2. The minimum absolute atomic E-state index is 0.0510. The van der Waals surface area contributed by atoms with Gasteiger partial charge in [-0.15, -0.1) is 11.6 Å². The molecule has 0 spiro atoms. The van der Waals surface area contributed by atoms with Crippen molar-refractivity contribution in [2.45, 2.75) is 32.1 Å². The van der Waals surface area contributed by atoms with Gasteiger partial charge in [0.15, 0.2) is 0 Å². The zero-order chi connectivity index (χ0) is 13.8. The summed E-state index contributed by atoms with van der Waals surface area (Å²) in [5, 5.41) is 0. The summed E-state index contributed by atoms with van der Waals surface area (Å²) >= 11 is 5.71. The molecule has 1 unspecified atom stereocenters. The van der Waals surface area contributed by atoms with Crippen molar-refractivity contribution in [1.29, 1.82) is 0 Å². The van der Waals surface area contributed by atoms with E-state index in [1.807, 2.05) is 12.1 Å². The maximum Gasteiger partial charge on any atom is 0.260 e. The van der Waals surface area contributed by atoms with Crippen LogP contribution in [0, 0.1) is 5.92 Å². The predicted octanol–water partition coefficient (Wildman–Crippen LogP) is 3.21. The topological polar surface area (TPSA) is 37.4 Å². The Hall–Kier alpha value is -1.35. The Morgan fingerprint density at radius 3 is 2.63 bits per heavy atom. The largest absolute Gasteiger partial charge is 0.278 e. The van der Waals surface area contributed by atoms with Crippen molar-refractivity contribution in [2.24, 2.45) is 5.92 Å². The van der Waals surface area contributed by atoms with Crippen LogP contribution in [0.2, 0.25) is 0 Å². The number of alkyl halides is 1. The van der Waals surface area contributed by atoms with Gasteiger partial charge in [-0.2, -0.15) is 0 Å². The number of benzene rings is 1. The van der Waals surface area contributed by atoms with Crippen LogP contribution >= 0.6 is 11.6 Å². The molecule has 1 heterocycles. The van der Waals surface area contributed by atoms with E-state index in [-0.39, 0.29) is 11.8 Å². The van der Waals surface area contributed by atoms with E-state index < -0.39 is 0 Å². The lowest BCUT2D eigenvalue weighted by atomic mass is 10.0. The molecule has 0 radical (unpaired) electrons. The maximum absolute atomic E-state index is 12.3. The van der Waals surface area contributed by atoms with Crippen molar-refractivity contribution in [1.82, 2.24) is 4.90 Å². The highest BCUT2D eigenvalue weighted by atomic mass is 35.5. The van der Waals surface area contributed by atoms with Gasteiger partial charge in [0.1, 0.15) is 0 Å². The molecule has 0 saturated carbocycles. The van der Waals surface area contributed by atoms with Gasteiger partial charge in [0, 0.05) is 24.4 Å². The average molecular weight is 280 g/mol. The number of hydrogen-bond donors (Lipinski definition) is 0. The Balaban J connectivity index is 2.08. The number of imide groups is 1. The van der Waals surface area contributed by atoms with E-state index in [1.165, 1.54) is 4.90 Å². The number of carbonyl (C=O) groups is 2. The molecule has 2 amide bonds. The van der Waals surface area contributed by atoms with Gasteiger partial charge >= 0.3 is 0 Å². The molecule has 102 valence electrons. The van der Waals surface area contributed by atoms with Crippen LogP contribution < -0.4 is 0 Å². The third-order valence-electron chi connectivity index (χ3n) is 3.50. The maximum atomic E-state index is 12.3. The van der Waals surface area contributed by atoms with Gasteiger partial charge < -0.3 is 0 Å². The van der Waals surface area contributed by atoms with Crippen LogP contribution in [0.15, 0.2) is 24.3 Å². The molecule has 3 nitrogen and oxygen atoms in total. The smallest absolute Gasteiger partial charge is 0.260 e. The van der Waals surface area contributed by atoms with Crippen molar-refractivity contribution < 1.29 is 9.59 Å². The molecular weight excluding hydrogens is 262 g/mol. The Morgan fingerprint density at radius 1 is 1.37 bits per heavy atom. The molecule has 4 heteroatoms. The minimum atomic E-state index is -0.190. The molecule has 2 rings (SSSR count). The summed E-state index contributed by atoms with van der Waals surface area (Å²) in [7, 11) is 0. The zero-order valence-electron chi connectivity index (χ0n) is 11.1. The number of hydrogen-bond acceptors (Lipinski definition) is 2. The number of rotatable bonds is 4. The first-order valence-electron chi connectivity index (χ1n) is 6.65. The minimum Gasteiger partial charge on any atom is -0.278 e. The molecule has 0 aliphatic carbocycles. The normalized spacial score (nSPS) is 18.9. The fourth-order valence-electron chi connectivity index (χ4n) is 2.47. The molecule has 0 bridgehead atoms. The van der Waals surface area contributed by atoms with Crippen molar-refractivity contribution in [3.63, 3.8) is 0 Å². The highest BCUT2D eigenvalue weighted by molar-refractivity contribution is 6.17. The third-order valence-corrected chi connectivity index (χ3v) is 3.81. The second-order valence-electron chi connectivity index (χ2n) is 5.00. The predicted molar refractivity (Wildman–Crippen MR) is 75.1 cm³/mol. The first-order valence-corrected chi connectivity index (χ1v) is 7.18. The second-order valence-corrected chi connectivity index (χ2v) is 5.27. The fourth-order valence-corrected chi connectivity index (χ4v) is 2.65. The lowest BCUT2D eigenvalue weighted by Gasteiger charge is -2.14. The molecule has 1 aliphatic rings. The van der Waals surface area contributed by atoms with E-state index in [4.69, 9.17) is 11.6 Å². The Bertz CT molecular complexity index is 470. The molecule has 1 atom stereocenters. The van der Waals surface area contributed by atoms with Gasteiger partial charge in [-0.1, -0.05) is 25.5 Å². The monoisotopic (exact) mass is 279 g/mol. The molecule has 1 fully saturated rings. The number of halogens is 1. The van der Waals surface area contributed by atoms with E-state index in [1.54, 1.807) is 12.1 Å². The molecule has 1 saturated heterocycles. The van der Waals surface area contributed by atoms with Gasteiger partial charge in [0.25, 0.3) is 5.91 Å². The van der Waals surface area contributed by atoms with E-state index in [0.717, 1.165) is 18.4 Å². The quantitative estimate of drug-likeness (QED) is 0.627. The summed E-state index contributed by atoms with van der Waals surface area (Å²) in [5.41, 5.74) is 1.52. The van der Waals surface area contributed by atoms with Crippen LogP contribution in [0.4, 0.5) is 0 Å². The number of carbonyl (C=O) groups excluding carboxylic acids is 2. The van der Waals surface area contributed by atoms with Crippen LogP contribution in [-0.2, 0) is 10.7 Å². The summed E-state index contributed by atoms with van der Waals surface area (Å²) in [4.78, 5) is 25.5. The molecule has 1 aromatic rings. The zero-order valence-corrected chi connectivity index (χ0v) is 11.8. The molecule has 1 aromatic carbocycles. The standard InChI is InChI=1S/C15H18ClNO2/c1-2-3-12-8-14(18)17(10-12)15(19)13-6-4-11(9-16)5-7-13/h4-7,12H,2-3,8-10H2,1H3. The van der Waals surface area contributed by atoms with Crippen LogP contribution in [0.5, 0.6) is 0 Å². The highest BCUT2D eigenvalue weighted by Crippen LogP contribution is 2.24. The Kier molecular flexibility index (Phi) is 4.59. The van der Waals surface area contributed by atoms with Crippen LogP contribution in [0.25, 0.3) is 0 Å². The van der Waals surface area contributed by atoms with Crippen molar-refractivity contribution in [3.05, 3.63) is 35.4 Å². The molecule has 19 heavy (non-hydrogen) atoms. The molecule has 0 N–H and O–H groups in total. The number of likely N-dealkylation sites (tertiary alicyclic amines) is 1. The summed E-state index contributed by atoms with van der Waals surface area (Å²) < 4.78 is 0. The summed E-state index contributed by atoms with van der Waals surface area (Å²) in [6.45, 7) is 2.66. The first kappa shape index (κ1) is 14.1. The highest BCUT2D eigenvalue weighted by Gasteiger charge is 2.33. The molecule has 0 aromatic heterocycles. The van der Waals surface area contributed by atoms with Gasteiger partial charge in [-0.3, -0.25) is 14.5 Å². The van der Waals surface area contributed by atoms with Gasteiger partial charge in [0.05, 0.1) is 0 Å². The fraction of sp³-hybridized carbons (Fsp3) is 0.467. The Labute approximate surface area is 118 Å². The second kappa shape index (κ2) is 6.20. The lowest BCUT2D eigenvalue weighted by Crippen LogP contribution is -2.32. The SMILES string of the molecule is CCCC1CC(=O)N(C(=O)c2ccc(CCl)cc2)C1. The Morgan fingerprint density at radius 2 is 2.05 bits per heavy atom. The third kappa shape index (κ3) is 3.16. The van der Waals surface area contributed by atoms with E-state index in [2.05, 4.69) is 6.92 Å². The van der Waals surface area contributed by atoms with Crippen molar-refractivity contribution in [3.8, 4) is 0 Å². The lowest BCUT2D eigenvalue weighted by molar-refractivity contribution is -0.125. The summed E-state index contributed by atoms with van der Waals surface area (Å²) in [6, 6.07) is 7.12. The van der Waals surface area contributed by atoms with Crippen molar-refractivity contribution >= 4 is 23.4 Å². The van der Waals surface area contributed by atoms with E-state index in [0.29, 0.717) is 30.3 Å². The van der Waals surface area contributed by atoms with Gasteiger partial charge in [-0.05, 0) is 30.0 Å².